The number of rotatable bonds is 2. The lowest BCUT2D eigenvalue weighted by Crippen LogP contribution is -2.50. The quantitative estimate of drug-likeness (QED) is 0.609. The Hall–Kier alpha value is -2.02. The highest BCUT2D eigenvalue weighted by Gasteiger charge is 2.26. The van der Waals surface area contributed by atoms with Crippen molar-refractivity contribution < 1.29 is 14.5 Å². The topological polar surface area (TPSA) is 75.9 Å². The number of anilines is 1. The van der Waals surface area contributed by atoms with Gasteiger partial charge in [-0.25, -0.2) is 4.79 Å². The molecule has 1 fully saturated rings. The van der Waals surface area contributed by atoms with Crippen molar-refractivity contribution in [2.24, 2.45) is 0 Å². The summed E-state index contributed by atoms with van der Waals surface area (Å²) in [5.41, 5.74) is 0.183. The molecule has 0 spiro atoms. The molecule has 1 aliphatic rings. The second-order valence-electron chi connectivity index (χ2n) is 6.35. The number of hydrogen-bond acceptors (Lipinski definition) is 5. The zero-order valence-corrected chi connectivity index (χ0v) is 14.2. The van der Waals surface area contributed by atoms with Gasteiger partial charge in [0, 0.05) is 38.3 Å². The van der Waals surface area contributed by atoms with E-state index in [1.165, 1.54) is 12.1 Å². The molecule has 126 valence electrons. The summed E-state index contributed by atoms with van der Waals surface area (Å²) in [5, 5.41) is 11.1. The molecule has 8 heteroatoms. The normalized spacial score (nSPS) is 15.5. The second kappa shape index (κ2) is 6.62. The van der Waals surface area contributed by atoms with E-state index in [1.54, 1.807) is 11.0 Å². The third-order valence-electron chi connectivity index (χ3n) is 3.41. The van der Waals surface area contributed by atoms with E-state index in [2.05, 4.69) is 0 Å². The van der Waals surface area contributed by atoms with Crippen LogP contribution in [0.1, 0.15) is 20.8 Å². The first-order chi connectivity index (χ1) is 10.7. The van der Waals surface area contributed by atoms with Gasteiger partial charge in [0.05, 0.1) is 15.6 Å². The van der Waals surface area contributed by atoms with Gasteiger partial charge in [-0.3, -0.25) is 10.1 Å². The Morgan fingerprint density at radius 1 is 1.26 bits per heavy atom. The molecule has 1 heterocycles. The second-order valence-corrected chi connectivity index (χ2v) is 6.75. The summed E-state index contributed by atoms with van der Waals surface area (Å²) < 4.78 is 5.35. The van der Waals surface area contributed by atoms with Crippen LogP contribution in [0.3, 0.4) is 0 Å². The van der Waals surface area contributed by atoms with E-state index in [9.17, 15) is 14.9 Å². The highest BCUT2D eigenvalue weighted by molar-refractivity contribution is 6.33. The molecular formula is C15H20ClN3O4. The first kappa shape index (κ1) is 17.3. The fraction of sp³-hybridized carbons (Fsp3) is 0.533. The zero-order valence-electron chi connectivity index (χ0n) is 13.4. The summed E-state index contributed by atoms with van der Waals surface area (Å²) in [4.78, 5) is 26.0. The highest BCUT2D eigenvalue weighted by Crippen LogP contribution is 2.30. The minimum Gasteiger partial charge on any atom is -0.444 e. The van der Waals surface area contributed by atoms with E-state index in [1.807, 2.05) is 25.7 Å². The molecule has 0 radical (unpaired) electrons. The molecule has 2 rings (SSSR count). The lowest BCUT2D eigenvalue weighted by atomic mass is 10.2. The van der Waals surface area contributed by atoms with Crippen molar-refractivity contribution in [3.8, 4) is 0 Å². The van der Waals surface area contributed by atoms with Crippen molar-refractivity contribution in [3.05, 3.63) is 33.3 Å². The number of piperazine rings is 1. The monoisotopic (exact) mass is 341 g/mol. The van der Waals surface area contributed by atoms with Crippen LogP contribution in [-0.2, 0) is 4.74 Å². The molecule has 0 aliphatic carbocycles. The van der Waals surface area contributed by atoms with Crippen LogP contribution in [0.15, 0.2) is 18.2 Å². The molecule has 1 amide bonds. The first-order valence-corrected chi connectivity index (χ1v) is 7.72. The van der Waals surface area contributed by atoms with Crippen LogP contribution in [0.2, 0.25) is 5.02 Å². The van der Waals surface area contributed by atoms with Crippen LogP contribution in [-0.4, -0.2) is 47.7 Å². The number of hydrogen-bond donors (Lipinski definition) is 0. The lowest BCUT2D eigenvalue weighted by molar-refractivity contribution is -0.384. The van der Waals surface area contributed by atoms with Gasteiger partial charge in [-0.1, -0.05) is 11.6 Å². The van der Waals surface area contributed by atoms with E-state index in [-0.39, 0.29) is 11.8 Å². The fourth-order valence-corrected chi connectivity index (χ4v) is 2.62. The number of carbonyl (C=O) groups excluding carboxylic acids is 1. The van der Waals surface area contributed by atoms with Gasteiger partial charge in [0.25, 0.3) is 5.69 Å². The predicted molar refractivity (Wildman–Crippen MR) is 88.1 cm³/mol. The van der Waals surface area contributed by atoms with Gasteiger partial charge in [-0.15, -0.1) is 0 Å². The van der Waals surface area contributed by atoms with E-state index in [4.69, 9.17) is 16.3 Å². The predicted octanol–water partition coefficient (Wildman–Crippen LogP) is 3.31. The number of nitro groups is 1. The Kier molecular flexibility index (Phi) is 4.99. The molecule has 23 heavy (non-hydrogen) atoms. The summed E-state index contributed by atoms with van der Waals surface area (Å²) >= 11 is 6.14. The van der Waals surface area contributed by atoms with E-state index in [0.717, 1.165) is 5.69 Å². The van der Waals surface area contributed by atoms with Crippen LogP contribution >= 0.6 is 11.6 Å². The van der Waals surface area contributed by atoms with E-state index < -0.39 is 10.5 Å². The van der Waals surface area contributed by atoms with Crippen LogP contribution in [0.25, 0.3) is 0 Å². The number of carbonyl (C=O) groups is 1. The van der Waals surface area contributed by atoms with Crippen LogP contribution in [0, 0.1) is 10.1 Å². The van der Waals surface area contributed by atoms with Gasteiger partial charge < -0.3 is 14.5 Å². The average Bonchev–Trinajstić information content (AvgIpc) is 2.45. The van der Waals surface area contributed by atoms with Crippen LogP contribution < -0.4 is 4.90 Å². The summed E-state index contributed by atoms with van der Waals surface area (Å²) in [6, 6.07) is 4.42. The maximum atomic E-state index is 12.0. The number of halogens is 1. The van der Waals surface area contributed by atoms with Gasteiger partial charge in [0.1, 0.15) is 5.60 Å². The summed E-state index contributed by atoms with van der Waals surface area (Å²) in [6.07, 6.45) is -0.327. The Bertz CT molecular complexity index is 607. The van der Waals surface area contributed by atoms with Crippen molar-refractivity contribution in [1.82, 2.24) is 4.90 Å². The maximum Gasteiger partial charge on any atom is 0.410 e. The van der Waals surface area contributed by atoms with Gasteiger partial charge in [-0.2, -0.15) is 0 Å². The van der Waals surface area contributed by atoms with Crippen LogP contribution in [0.5, 0.6) is 0 Å². The van der Waals surface area contributed by atoms with E-state index >= 15 is 0 Å². The molecule has 0 saturated carbocycles. The number of amides is 1. The standard InChI is InChI=1S/C15H20ClN3O4/c1-15(2,3)23-14(20)18-8-6-17(7-9-18)13-5-4-11(19(21)22)10-12(13)16/h4-5,10H,6-9H2,1-3H3. The molecule has 0 aromatic heterocycles. The molecule has 0 atom stereocenters. The molecule has 1 aromatic carbocycles. The summed E-state index contributed by atoms with van der Waals surface area (Å²) in [6.45, 7) is 7.71. The first-order valence-electron chi connectivity index (χ1n) is 7.34. The third-order valence-corrected chi connectivity index (χ3v) is 3.72. The molecule has 0 N–H and O–H groups in total. The Morgan fingerprint density at radius 3 is 2.35 bits per heavy atom. The molecule has 0 bridgehead atoms. The molecular weight excluding hydrogens is 322 g/mol. The number of benzene rings is 1. The maximum absolute atomic E-state index is 12.0. The van der Waals surface area contributed by atoms with Crippen molar-refractivity contribution in [2.75, 3.05) is 31.1 Å². The number of non-ortho nitro benzene ring substituents is 1. The van der Waals surface area contributed by atoms with E-state index in [0.29, 0.717) is 31.2 Å². The summed E-state index contributed by atoms with van der Waals surface area (Å²) in [5.74, 6) is 0. The highest BCUT2D eigenvalue weighted by atomic mass is 35.5. The zero-order chi connectivity index (χ0) is 17.2. The summed E-state index contributed by atoms with van der Waals surface area (Å²) in [7, 11) is 0. The van der Waals surface area contributed by atoms with Crippen molar-refractivity contribution >= 4 is 29.1 Å². The number of nitro benzene ring substituents is 1. The Labute approximate surface area is 139 Å². The van der Waals surface area contributed by atoms with Crippen molar-refractivity contribution in [3.63, 3.8) is 0 Å². The molecule has 1 aliphatic heterocycles. The Balaban J connectivity index is 1.99. The Morgan fingerprint density at radius 2 is 1.87 bits per heavy atom. The van der Waals surface area contributed by atoms with Crippen molar-refractivity contribution in [1.29, 1.82) is 0 Å². The number of nitrogens with zero attached hydrogens (tertiary/aromatic N) is 3. The van der Waals surface area contributed by atoms with Gasteiger partial charge >= 0.3 is 6.09 Å². The third kappa shape index (κ3) is 4.48. The smallest absolute Gasteiger partial charge is 0.410 e. The van der Waals surface area contributed by atoms with Crippen molar-refractivity contribution in [2.45, 2.75) is 26.4 Å². The molecule has 7 nitrogen and oxygen atoms in total. The fourth-order valence-electron chi connectivity index (χ4n) is 2.32. The molecule has 1 saturated heterocycles. The average molecular weight is 342 g/mol. The number of ether oxygens (including phenoxy) is 1. The minimum atomic E-state index is -0.518. The van der Waals surface area contributed by atoms with Gasteiger partial charge in [0.2, 0.25) is 0 Å². The SMILES string of the molecule is CC(C)(C)OC(=O)N1CCN(c2ccc([N+](=O)[O-])cc2Cl)CC1. The van der Waals surface area contributed by atoms with Gasteiger partial charge in [0.15, 0.2) is 0 Å². The lowest BCUT2D eigenvalue weighted by Gasteiger charge is -2.37. The molecule has 0 unspecified atom stereocenters. The minimum absolute atomic E-state index is 0.0360. The van der Waals surface area contributed by atoms with Crippen LogP contribution in [0.4, 0.5) is 16.2 Å². The van der Waals surface area contributed by atoms with Gasteiger partial charge in [-0.05, 0) is 26.8 Å². The largest absolute Gasteiger partial charge is 0.444 e. The molecule has 1 aromatic rings.